The van der Waals surface area contributed by atoms with Crippen LogP contribution in [-0.4, -0.2) is 23.8 Å². The molecule has 156 valence electrons. The minimum absolute atomic E-state index is 0.0667. The lowest BCUT2D eigenvalue weighted by Crippen LogP contribution is -2.28. The number of thioether (sulfide) groups is 1. The molecule has 1 fully saturated rings. The lowest BCUT2D eigenvalue weighted by Gasteiger charge is -2.32. The van der Waals surface area contributed by atoms with Crippen LogP contribution >= 0.6 is 11.8 Å². The highest BCUT2D eigenvalue weighted by Gasteiger charge is 2.31. The van der Waals surface area contributed by atoms with Crippen molar-refractivity contribution in [1.82, 2.24) is 0 Å². The van der Waals surface area contributed by atoms with Gasteiger partial charge >= 0.3 is 0 Å². The van der Waals surface area contributed by atoms with Crippen molar-refractivity contribution in [2.45, 2.75) is 63.2 Å². The van der Waals surface area contributed by atoms with Crippen molar-refractivity contribution >= 4 is 11.8 Å². The third-order valence-corrected chi connectivity index (χ3v) is 6.18. The molecule has 4 unspecified atom stereocenters. The van der Waals surface area contributed by atoms with Gasteiger partial charge < -0.3 is 9.47 Å². The molecule has 2 aromatic carbocycles. The predicted octanol–water partition coefficient (Wildman–Crippen LogP) is 6.27. The van der Waals surface area contributed by atoms with Crippen LogP contribution in [0.4, 0.5) is 4.39 Å². The lowest BCUT2D eigenvalue weighted by atomic mass is 9.95. The minimum Gasteiger partial charge on any atom is -0.491 e. The first-order valence-corrected chi connectivity index (χ1v) is 11.4. The van der Waals surface area contributed by atoms with Crippen LogP contribution in [0.1, 0.15) is 55.9 Å². The molecule has 0 bridgehead atoms. The Morgan fingerprint density at radius 2 is 2.00 bits per heavy atom. The number of benzene rings is 2. The Bertz CT molecular complexity index is 814. The van der Waals surface area contributed by atoms with Crippen molar-refractivity contribution in [3.63, 3.8) is 0 Å². The molecule has 3 rings (SSSR count). The zero-order valence-corrected chi connectivity index (χ0v) is 18.0. The van der Waals surface area contributed by atoms with Gasteiger partial charge in [-0.25, -0.2) is 4.39 Å². The molecule has 0 aromatic heterocycles. The number of halogens is 1. The first-order valence-electron chi connectivity index (χ1n) is 10.1. The highest BCUT2D eigenvalue weighted by molar-refractivity contribution is 7.99. The topological polar surface area (TPSA) is 47.9 Å². The van der Waals surface area contributed by atoms with Gasteiger partial charge in [-0.2, -0.15) is 4.91 Å². The maximum atomic E-state index is 14.5. The molecular weight excluding hydrogens is 389 g/mol. The number of hydrogen-bond donors (Lipinski definition) is 0. The van der Waals surface area contributed by atoms with Gasteiger partial charge in [-0.1, -0.05) is 30.3 Å². The third kappa shape index (κ3) is 5.80. The summed E-state index contributed by atoms with van der Waals surface area (Å²) in [6, 6.07) is 12.6. The van der Waals surface area contributed by atoms with E-state index in [1.807, 2.05) is 43.5 Å². The summed E-state index contributed by atoms with van der Waals surface area (Å²) in [6.45, 7) is 4.12. The van der Waals surface area contributed by atoms with Gasteiger partial charge in [-0.05, 0) is 60.6 Å². The molecule has 29 heavy (non-hydrogen) atoms. The maximum absolute atomic E-state index is 14.5. The first kappa shape index (κ1) is 21.8. The molecule has 0 aliphatic carbocycles. The Morgan fingerprint density at radius 1 is 1.24 bits per heavy atom. The highest BCUT2D eigenvalue weighted by Crippen LogP contribution is 2.37. The molecule has 1 saturated heterocycles. The van der Waals surface area contributed by atoms with Crippen molar-refractivity contribution < 1.29 is 13.9 Å². The molecule has 0 spiro atoms. The van der Waals surface area contributed by atoms with Gasteiger partial charge in [0.05, 0.1) is 18.2 Å². The second-order valence-electron chi connectivity index (χ2n) is 7.53. The number of nitrogens with zero attached hydrogens (tertiary/aromatic N) is 1. The smallest absolute Gasteiger partial charge is 0.126 e. The fraction of sp³-hybridized carbons (Fsp3) is 0.478. The zero-order valence-electron chi connectivity index (χ0n) is 17.1. The quantitative estimate of drug-likeness (QED) is 0.475. The monoisotopic (exact) mass is 417 g/mol. The van der Waals surface area contributed by atoms with E-state index in [0.29, 0.717) is 24.8 Å². The van der Waals surface area contributed by atoms with Crippen LogP contribution in [0.15, 0.2) is 47.6 Å². The fourth-order valence-corrected chi connectivity index (χ4v) is 4.12. The maximum Gasteiger partial charge on any atom is 0.126 e. The number of ether oxygens (including phenoxy) is 2. The van der Waals surface area contributed by atoms with Crippen molar-refractivity contribution in [3.8, 4) is 5.75 Å². The number of nitroso groups, excluding NO2 is 1. The zero-order chi connectivity index (χ0) is 20.8. The first-order chi connectivity index (χ1) is 14.0. The van der Waals surface area contributed by atoms with Crippen LogP contribution < -0.4 is 4.74 Å². The molecule has 4 nitrogen and oxygen atoms in total. The highest BCUT2D eigenvalue weighted by atomic mass is 32.2. The molecular formula is C23H28FNO3S. The van der Waals surface area contributed by atoms with E-state index in [1.165, 1.54) is 6.07 Å². The van der Waals surface area contributed by atoms with Crippen molar-refractivity contribution in [3.05, 3.63) is 69.9 Å². The molecule has 2 aromatic rings. The summed E-state index contributed by atoms with van der Waals surface area (Å²) >= 11 is 1.57. The van der Waals surface area contributed by atoms with Gasteiger partial charge in [-0.3, -0.25) is 0 Å². The molecule has 4 atom stereocenters. The molecule has 0 saturated carbocycles. The Morgan fingerprint density at radius 3 is 2.66 bits per heavy atom. The molecule has 0 N–H and O–H groups in total. The van der Waals surface area contributed by atoms with E-state index in [0.717, 1.165) is 23.3 Å². The van der Waals surface area contributed by atoms with Crippen LogP contribution in [-0.2, 0) is 11.2 Å². The Hall–Kier alpha value is -1.92. The van der Waals surface area contributed by atoms with E-state index in [1.54, 1.807) is 17.8 Å². The van der Waals surface area contributed by atoms with Crippen molar-refractivity contribution in [2.75, 3.05) is 6.26 Å². The molecule has 0 radical (unpaired) electrons. The van der Waals surface area contributed by atoms with Crippen molar-refractivity contribution in [1.29, 1.82) is 0 Å². The average molecular weight is 418 g/mol. The summed E-state index contributed by atoms with van der Waals surface area (Å²) < 4.78 is 26.4. The number of hydrogen-bond acceptors (Lipinski definition) is 5. The van der Waals surface area contributed by atoms with Gasteiger partial charge in [0, 0.05) is 19.3 Å². The normalized spacial score (nSPS) is 22.8. The van der Waals surface area contributed by atoms with Gasteiger partial charge in [0.2, 0.25) is 0 Å². The van der Waals surface area contributed by atoms with Crippen molar-refractivity contribution in [2.24, 2.45) is 5.18 Å². The third-order valence-electron chi connectivity index (χ3n) is 5.35. The predicted molar refractivity (Wildman–Crippen MR) is 116 cm³/mol. The molecule has 1 heterocycles. The summed E-state index contributed by atoms with van der Waals surface area (Å²) in [5, 5.41) is 3.23. The van der Waals surface area contributed by atoms with E-state index in [4.69, 9.17) is 9.47 Å². The second-order valence-corrected chi connectivity index (χ2v) is 8.53. The second kappa shape index (κ2) is 10.2. The standard InChI is InChI=1S/C23H28FNO3S/c1-4-15(2)27-20-8-5-16(6-9-20)11-18-12-17(7-10-21(18)24)22-13-19(25-26)14-23(28-22)29-3/h5-10,12,15,19,22-23H,4,11,13-14H2,1-3H3. The average Bonchev–Trinajstić information content (AvgIpc) is 2.76. The Kier molecular flexibility index (Phi) is 7.67. The summed E-state index contributed by atoms with van der Waals surface area (Å²) in [5.74, 6) is 0.583. The van der Waals surface area contributed by atoms with E-state index < -0.39 is 0 Å². The molecule has 1 aliphatic rings. The minimum atomic E-state index is -0.266. The molecule has 0 amide bonds. The lowest BCUT2D eigenvalue weighted by molar-refractivity contribution is -0.0128. The van der Waals surface area contributed by atoms with Crippen LogP contribution in [0.3, 0.4) is 0 Å². The summed E-state index contributed by atoms with van der Waals surface area (Å²) in [4.78, 5) is 11.1. The van der Waals surface area contributed by atoms with Gasteiger partial charge in [0.1, 0.15) is 17.0 Å². The SMILES string of the molecule is CCC(C)Oc1ccc(Cc2cc(C3CC(N=O)CC(SC)O3)ccc2F)cc1. The molecule has 6 heteroatoms. The largest absolute Gasteiger partial charge is 0.491 e. The van der Waals surface area contributed by atoms with E-state index in [2.05, 4.69) is 12.1 Å². The fourth-order valence-electron chi connectivity index (χ4n) is 3.46. The van der Waals surface area contributed by atoms with Crippen LogP contribution in [0.25, 0.3) is 0 Å². The van der Waals surface area contributed by atoms with Gasteiger partial charge in [0.15, 0.2) is 0 Å². The Balaban J connectivity index is 1.74. The van der Waals surface area contributed by atoms with Gasteiger partial charge in [0.25, 0.3) is 0 Å². The number of rotatable bonds is 8. The molecule has 1 aliphatic heterocycles. The summed E-state index contributed by atoms with van der Waals surface area (Å²) in [7, 11) is 0. The van der Waals surface area contributed by atoms with E-state index in [-0.39, 0.29) is 29.5 Å². The summed E-state index contributed by atoms with van der Waals surface area (Å²) in [6.07, 6.45) is 4.47. The van der Waals surface area contributed by atoms with Crippen LogP contribution in [0, 0.1) is 10.7 Å². The van der Waals surface area contributed by atoms with E-state index in [9.17, 15) is 9.30 Å². The summed E-state index contributed by atoms with van der Waals surface area (Å²) in [5.41, 5.74) is 2.45. The Labute approximate surface area is 176 Å². The van der Waals surface area contributed by atoms with E-state index >= 15 is 0 Å². The van der Waals surface area contributed by atoms with Crippen LogP contribution in [0.2, 0.25) is 0 Å². The van der Waals surface area contributed by atoms with Crippen LogP contribution in [0.5, 0.6) is 5.75 Å². The van der Waals surface area contributed by atoms with Gasteiger partial charge in [-0.15, -0.1) is 11.8 Å².